The maximum Gasteiger partial charge on any atom is 0.290 e. The van der Waals surface area contributed by atoms with Crippen LogP contribution < -0.4 is 10.1 Å². The quantitative estimate of drug-likeness (QED) is 0.192. The molecular formula is C23H17ClN4O6S2. The van der Waals surface area contributed by atoms with Crippen molar-refractivity contribution < 1.29 is 19.4 Å². The van der Waals surface area contributed by atoms with Crippen LogP contribution in [0.3, 0.4) is 0 Å². The van der Waals surface area contributed by atoms with Crippen molar-refractivity contribution in [2.45, 2.75) is 29.2 Å². The van der Waals surface area contributed by atoms with Gasteiger partial charge in [0.05, 0.1) is 31.0 Å². The van der Waals surface area contributed by atoms with E-state index in [9.17, 15) is 25.0 Å². The van der Waals surface area contributed by atoms with Crippen molar-refractivity contribution in [3.63, 3.8) is 0 Å². The first-order valence-corrected chi connectivity index (χ1v) is 12.4. The number of fused-ring (bicyclic) bond motifs is 1. The number of anilines is 1. The summed E-state index contributed by atoms with van der Waals surface area (Å²) in [6.45, 7) is 3.48. The lowest BCUT2D eigenvalue weighted by Crippen LogP contribution is -2.30. The molecule has 36 heavy (non-hydrogen) atoms. The van der Waals surface area contributed by atoms with Gasteiger partial charge in [-0.2, -0.15) is 0 Å². The smallest absolute Gasteiger partial charge is 0.290 e. The second-order valence-corrected chi connectivity index (χ2v) is 10.3. The van der Waals surface area contributed by atoms with E-state index < -0.39 is 16.0 Å². The van der Waals surface area contributed by atoms with Crippen molar-refractivity contribution >= 4 is 67.9 Å². The molecular weight excluding hydrogens is 528 g/mol. The highest BCUT2D eigenvalue weighted by Crippen LogP contribution is 2.40. The number of thiazole rings is 1. The largest absolute Gasteiger partial charge is 0.481 e. The van der Waals surface area contributed by atoms with Gasteiger partial charge in [-0.15, -0.1) is 11.3 Å². The van der Waals surface area contributed by atoms with Crippen LogP contribution in [0.5, 0.6) is 5.75 Å². The van der Waals surface area contributed by atoms with E-state index in [-0.39, 0.29) is 22.2 Å². The summed E-state index contributed by atoms with van der Waals surface area (Å²) in [5.74, 6) is 0.214. The number of non-ortho nitro benzene ring substituents is 1. The molecule has 10 nitrogen and oxygen atoms in total. The summed E-state index contributed by atoms with van der Waals surface area (Å²) in [6.07, 6.45) is -0.768. The minimum atomic E-state index is -0.768. The van der Waals surface area contributed by atoms with Crippen molar-refractivity contribution in [3.05, 3.63) is 85.4 Å². The van der Waals surface area contributed by atoms with Crippen LogP contribution in [0.4, 0.5) is 17.1 Å². The maximum absolute atomic E-state index is 12.7. The highest BCUT2D eigenvalue weighted by molar-refractivity contribution is 8.01. The lowest BCUT2D eigenvalue weighted by Gasteiger charge is -2.16. The van der Waals surface area contributed by atoms with E-state index in [0.717, 1.165) is 28.1 Å². The van der Waals surface area contributed by atoms with Crippen LogP contribution in [0.2, 0.25) is 5.02 Å². The summed E-state index contributed by atoms with van der Waals surface area (Å²) in [5.41, 5.74) is 1.27. The van der Waals surface area contributed by atoms with E-state index in [2.05, 4.69) is 10.3 Å². The van der Waals surface area contributed by atoms with Gasteiger partial charge in [0.2, 0.25) is 0 Å². The monoisotopic (exact) mass is 544 g/mol. The first-order chi connectivity index (χ1) is 17.1. The van der Waals surface area contributed by atoms with Gasteiger partial charge in [0.1, 0.15) is 5.75 Å². The fraction of sp³-hybridized carbons (Fsp3) is 0.130. The number of hydrogen-bond acceptors (Lipinski definition) is 9. The van der Waals surface area contributed by atoms with Crippen LogP contribution in [0.25, 0.3) is 10.2 Å². The Hall–Kier alpha value is -3.74. The normalized spacial score (nSPS) is 11.8. The molecule has 1 amide bonds. The number of aryl methyl sites for hydroxylation is 1. The van der Waals surface area contributed by atoms with Gasteiger partial charge in [-0.1, -0.05) is 23.4 Å². The van der Waals surface area contributed by atoms with Crippen LogP contribution >= 0.6 is 34.7 Å². The summed E-state index contributed by atoms with van der Waals surface area (Å²) in [7, 11) is 0. The van der Waals surface area contributed by atoms with E-state index >= 15 is 0 Å². The molecule has 4 aromatic rings. The molecule has 1 N–H and O–H groups in total. The fourth-order valence-electron chi connectivity index (χ4n) is 3.20. The molecule has 13 heteroatoms. The second kappa shape index (κ2) is 10.5. The molecule has 0 bridgehead atoms. The topological polar surface area (TPSA) is 138 Å². The second-order valence-electron chi connectivity index (χ2n) is 7.59. The molecule has 4 rings (SSSR count). The van der Waals surface area contributed by atoms with Crippen LogP contribution in [0, 0.1) is 27.2 Å². The van der Waals surface area contributed by atoms with Gasteiger partial charge in [0.15, 0.2) is 10.4 Å². The average Bonchev–Trinajstić information content (AvgIpc) is 3.22. The van der Waals surface area contributed by atoms with Crippen molar-refractivity contribution in [3.8, 4) is 5.75 Å². The predicted octanol–water partition coefficient (Wildman–Crippen LogP) is 6.63. The number of nitrogens with one attached hydrogen (secondary N) is 1. The number of hydrogen-bond donors (Lipinski definition) is 1. The van der Waals surface area contributed by atoms with Crippen molar-refractivity contribution in [2.24, 2.45) is 0 Å². The summed E-state index contributed by atoms with van der Waals surface area (Å²) in [5, 5.41) is 25.8. The number of nitro groups is 2. The van der Waals surface area contributed by atoms with Gasteiger partial charge in [0, 0.05) is 16.8 Å². The zero-order chi connectivity index (χ0) is 26.0. The van der Waals surface area contributed by atoms with Crippen molar-refractivity contribution in [2.75, 3.05) is 5.32 Å². The molecule has 1 aromatic heterocycles. The molecule has 0 spiro atoms. The van der Waals surface area contributed by atoms with Crippen LogP contribution in [-0.4, -0.2) is 26.8 Å². The lowest BCUT2D eigenvalue weighted by molar-refractivity contribution is -0.396. The SMILES string of the molecule is Cc1cc(Cl)ccc1OC(C)C(=O)Nc1ccc2nc(Sc3ccc([N+](=O)[O-])cc3[N+](=O)[O-])sc2c1. The first kappa shape index (κ1) is 25.4. The van der Waals surface area contributed by atoms with Crippen molar-refractivity contribution in [1.82, 2.24) is 4.98 Å². The zero-order valence-corrected chi connectivity index (χ0v) is 21.1. The molecule has 0 aliphatic carbocycles. The van der Waals surface area contributed by atoms with Crippen molar-refractivity contribution in [1.29, 1.82) is 0 Å². The lowest BCUT2D eigenvalue weighted by atomic mass is 10.2. The van der Waals surface area contributed by atoms with E-state index in [1.54, 1.807) is 43.3 Å². The first-order valence-electron chi connectivity index (χ1n) is 10.4. The zero-order valence-electron chi connectivity index (χ0n) is 18.8. The molecule has 0 aliphatic heterocycles. The molecule has 0 saturated heterocycles. The molecule has 3 aromatic carbocycles. The third kappa shape index (κ3) is 5.73. The Balaban J connectivity index is 1.49. The molecule has 1 unspecified atom stereocenters. The molecule has 0 radical (unpaired) electrons. The van der Waals surface area contributed by atoms with Gasteiger partial charge >= 0.3 is 0 Å². The summed E-state index contributed by atoms with van der Waals surface area (Å²) < 4.78 is 7.03. The molecule has 0 aliphatic rings. The summed E-state index contributed by atoms with van der Waals surface area (Å²) >= 11 is 8.28. The molecule has 1 atom stereocenters. The highest BCUT2D eigenvalue weighted by Gasteiger charge is 2.22. The third-order valence-electron chi connectivity index (χ3n) is 4.99. The molecule has 0 saturated carbocycles. The number of rotatable bonds is 8. The standard InChI is InChI=1S/C23H17ClN4O6S2/c1-12-9-14(24)3-7-19(12)34-13(2)22(29)25-15-4-6-17-21(10-15)36-23(26-17)35-20-8-5-16(27(30)31)11-18(20)28(32)33/h3-11,13H,1-2H3,(H,25,29). The highest BCUT2D eigenvalue weighted by atomic mass is 35.5. The van der Waals surface area contributed by atoms with Crippen LogP contribution in [-0.2, 0) is 4.79 Å². The van der Waals surface area contributed by atoms with Gasteiger partial charge in [-0.25, -0.2) is 4.98 Å². The molecule has 184 valence electrons. The van der Waals surface area contributed by atoms with Gasteiger partial charge < -0.3 is 10.1 Å². The summed E-state index contributed by atoms with van der Waals surface area (Å²) in [6, 6.07) is 13.8. The fourth-order valence-corrected chi connectivity index (χ4v) is 5.57. The Bertz CT molecular complexity index is 1510. The number of carbonyl (C=O) groups excluding carboxylic acids is 1. The van der Waals surface area contributed by atoms with Gasteiger partial charge in [-0.05, 0) is 61.9 Å². The maximum atomic E-state index is 12.7. The Morgan fingerprint density at radius 3 is 2.58 bits per heavy atom. The van der Waals surface area contributed by atoms with Gasteiger partial charge in [-0.3, -0.25) is 25.0 Å². The number of aromatic nitrogens is 1. The Kier molecular flexibility index (Phi) is 7.38. The van der Waals surface area contributed by atoms with E-state index in [4.69, 9.17) is 16.3 Å². The number of halogens is 1. The number of benzene rings is 3. The Morgan fingerprint density at radius 1 is 1.11 bits per heavy atom. The van der Waals surface area contributed by atoms with Crippen LogP contribution in [0.1, 0.15) is 12.5 Å². The van der Waals surface area contributed by atoms with E-state index in [1.165, 1.54) is 23.5 Å². The molecule has 0 fully saturated rings. The third-order valence-corrected chi connectivity index (χ3v) is 7.37. The number of amides is 1. The molecule has 1 heterocycles. The number of carbonyl (C=O) groups is 1. The minimum Gasteiger partial charge on any atom is -0.481 e. The summed E-state index contributed by atoms with van der Waals surface area (Å²) in [4.78, 5) is 38.4. The average molecular weight is 545 g/mol. The predicted molar refractivity (Wildman–Crippen MR) is 138 cm³/mol. The minimum absolute atomic E-state index is 0.238. The Labute approximate surface area is 217 Å². The van der Waals surface area contributed by atoms with Crippen LogP contribution in [0.15, 0.2) is 63.8 Å². The number of nitrogens with zero attached hydrogens (tertiary/aromatic N) is 3. The number of nitro benzene ring substituents is 2. The Morgan fingerprint density at radius 2 is 1.89 bits per heavy atom. The van der Waals surface area contributed by atoms with E-state index in [0.29, 0.717) is 26.3 Å². The number of ether oxygens (including phenoxy) is 1. The van der Waals surface area contributed by atoms with E-state index in [1.807, 2.05) is 6.92 Å². The van der Waals surface area contributed by atoms with Gasteiger partial charge in [0.25, 0.3) is 17.3 Å².